The largest absolute Gasteiger partial charge is 0.456 e. The average molecular weight is 1260 g/mol. The van der Waals surface area contributed by atoms with Crippen LogP contribution in [0.25, 0.3) is 11.3 Å². The van der Waals surface area contributed by atoms with Crippen molar-refractivity contribution in [3.8, 4) is 23.1 Å². The lowest BCUT2D eigenvalue weighted by Gasteiger charge is -2.47. The first-order chi connectivity index (χ1) is 42.0. The Kier molecular flexibility index (Phi) is 20.6. The fraction of sp³-hybridized carbons (Fsp3) is 0.475. The van der Waals surface area contributed by atoms with E-state index in [9.17, 15) is 59.1 Å². The molecule has 3 fully saturated rings. The molecule has 5 aromatic rings. The zero-order valence-corrected chi connectivity index (χ0v) is 48.8. The minimum atomic E-state index is -5.28. The summed E-state index contributed by atoms with van der Waals surface area (Å²) in [6.45, 7) is -0.178. The van der Waals surface area contributed by atoms with Crippen molar-refractivity contribution < 1.29 is 86.8 Å². The zero-order chi connectivity index (χ0) is 64.8. The minimum absolute atomic E-state index is 0.194. The van der Waals surface area contributed by atoms with Gasteiger partial charge in [-0.2, -0.15) is 40.2 Å². The molecule has 3 saturated heterocycles. The SMILES string of the molecule is COC(=O)N[C@H](C(=O)C[C@@H](Cc1ccc(C#Cc2cnc(N3CC4CCC(C3)N4C3COC3)nc2)cc1)[C@H](CN(Cc1c(F)cc(-c2ccn(C(F)F)n2)cc1F)NC(=O)[C@@H](NC(=O)OC)C(C)(C)C(F)(F)F)OC(=O)c1ccccn1)C(C)(C)C(F)(F)F. The van der Waals surface area contributed by atoms with Crippen LogP contribution < -0.4 is 21.0 Å². The molecule has 8 rings (SSSR count). The molecule has 3 aromatic heterocycles. The number of alkyl carbamates (subject to hydrolysis) is 2. The van der Waals surface area contributed by atoms with Gasteiger partial charge >= 0.3 is 37.1 Å². The number of anilines is 1. The Hall–Kier alpha value is -8.43. The molecule has 6 heterocycles. The van der Waals surface area contributed by atoms with Gasteiger partial charge in [-0.25, -0.2) is 47.8 Å². The van der Waals surface area contributed by atoms with Gasteiger partial charge in [0.25, 0.3) is 5.91 Å². The summed E-state index contributed by atoms with van der Waals surface area (Å²) in [7, 11) is 1.61. The number of benzene rings is 2. The molecule has 0 radical (unpaired) electrons. The van der Waals surface area contributed by atoms with Gasteiger partial charge in [0.05, 0.1) is 62.1 Å². The Labute approximate surface area is 503 Å². The molecule has 3 amide bonds. The van der Waals surface area contributed by atoms with Crippen LogP contribution in [0.15, 0.2) is 85.5 Å². The van der Waals surface area contributed by atoms with Gasteiger partial charge in [0, 0.05) is 85.5 Å². The second-order valence-corrected chi connectivity index (χ2v) is 22.8. The summed E-state index contributed by atoms with van der Waals surface area (Å²) in [5.41, 5.74) is -5.04. The lowest BCUT2D eigenvalue weighted by molar-refractivity contribution is -0.221. The molecule has 20 nitrogen and oxygen atoms in total. The number of nitrogens with zero attached hydrogens (tertiary/aromatic N) is 8. The number of rotatable bonds is 22. The van der Waals surface area contributed by atoms with Crippen molar-refractivity contribution in [1.82, 2.24) is 50.7 Å². The lowest BCUT2D eigenvalue weighted by atomic mass is 9.77. The molecule has 2 unspecified atom stereocenters. The number of Topliss-reactive ketones (excluding diaryl/α,β-unsaturated/α-hetero) is 1. The summed E-state index contributed by atoms with van der Waals surface area (Å²) in [6, 6.07) is 8.47. The van der Waals surface area contributed by atoms with Gasteiger partial charge < -0.3 is 34.5 Å². The van der Waals surface area contributed by atoms with Gasteiger partial charge in [0.2, 0.25) is 5.95 Å². The molecule has 2 bridgehead atoms. The summed E-state index contributed by atoms with van der Waals surface area (Å²) in [4.78, 5) is 86.5. The van der Waals surface area contributed by atoms with E-state index in [2.05, 4.69) is 56.6 Å². The van der Waals surface area contributed by atoms with Crippen LogP contribution in [0.1, 0.15) is 86.2 Å². The third-order valence-corrected chi connectivity index (χ3v) is 16.1. The molecule has 0 saturated carbocycles. The van der Waals surface area contributed by atoms with E-state index in [-0.39, 0.29) is 21.5 Å². The van der Waals surface area contributed by atoms with Crippen LogP contribution in [0.4, 0.5) is 59.4 Å². The first-order valence-corrected chi connectivity index (χ1v) is 27.8. The quantitative estimate of drug-likeness (QED) is 0.0195. The van der Waals surface area contributed by atoms with Gasteiger partial charge in [-0.1, -0.05) is 30.0 Å². The Morgan fingerprint density at radius 1 is 0.764 bits per heavy atom. The van der Waals surface area contributed by atoms with E-state index in [1.807, 2.05) is 10.6 Å². The third kappa shape index (κ3) is 15.7. The molecule has 3 N–H and O–H groups in total. The summed E-state index contributed by atoms with van der Waals surface area (Å²) in [5.74, 6) is -2.31. The molecular weight excluding hydrogens is 1200 g/mol. The molecule has 0 spiro atoms. The number of ether oxygens (including phenoxy) is 4. The van der Waals surface area contributed by atoms with Crippen molar-refractivity contribution in [3.05, 3.63) is 125 Å². The predicted molar refractivity (Wildman–Crippen MR) is 296 cm³/mol. The van der Waals surface area contributed by atoms with E-state index in [4.69, 9.17) is 9.47 Å². The highest BCUT2D eigenvalue weighted by Crippen LogP contribution is 2.43. The number of hydrogen-bond acceptors (Lipinski definition) is 16. The summed E-state index contributed by atoms with van der Waals surface area (Å²) >= 11 is 0. The molecule has 30 heteroatoms. The minimum Gasteiger partial charge on any atom is -0.456 e. The molecule has 0 aliphatic carbocycles. The smallest absolute Gasteiger partial charge is 0.407 e. The number of pyridine rings is 1. The molecule has 3 aliphatic rings. The number of piperazine rings is 1. The number of halogens is 10. The van der Waals surface area contributed by atoms with Crippen molar-refractivity contribution >= 4 is 35.8 Å². The van der Waals surface area contributed by atoms with Gasteiger partial charge in [-0.05, 0) is 95.0 Å². The Morgan fingerprint density at radius 3 is 1.88 bits per heavy atom. The van der Waals surface area contributed by atoms with E-state index < -0.39 is 133 Å². The van der Waals surface area contributed by atoms with Crippen molar-refractivity contribution in [2.24, 2.45) is 16.7 Å². The number of methoxy groups -OCH3 is 2. The fourth-order valence-electron chi connectivity index (χ4n) is 10.7. The Balaban J connectivity index is 1.17. The van der Waals surface area contributed by atoms with Crippen molar-refractivity contribution in [2.45, 2.75) is 115 Å². The summed E-state index contributed by atoms with van der Waals surface area (Å²) in [6.07, 6.45) is -9.67. The van der Waals surface area contributed by atoms with Crippen LogP contribution in [0.5, 0.6) is 0 Å². The van der Waals surface area contributed by atoms with E-state index in [1.54, 1.807) is 24.5 Å². The average Bonchev–Trinajstić information content (AvgIpc) is 1.82. The molecule has 89 heavy (non-hydrogen) atoms. The maximum absolute atomic E-state index is 16.5. The summed E-state index contributed by atoms with van der Waals surface area (Å²) in [5, 5.41) is 7.93. The van der Waals surface area contributed by atoms with Crippen LogP contribution in [0.2, 0.25) is 0 Å². The standard InChI is InChI=1S/C59H63F10N11O9/c1-56(2,58(64,65)66)48(73-54(84)86-5)46(81)24-37(21-34-13-10-33(11-14-34)12-15-35-25-71-53(72-26-35)77-27-38-16-17-39(28-77)80(38)40-31-88-32-40)47(89-51(83)45-9-7-8-19-70-45)30-78(76-50(82)49(74-55(85)87-6)57(3,4)59(67,68)69)29-41-42(60)22-36(23-43(41)61)44-18-20-79(75-44)52(62)63/h7-11,13-14,18-20,22-23,25-26,37-40,47-49,52H,16-17,21,24,27-32H2,1-6H3,(H,73,84)(H,74,85)(H,76,82)/t37-,38?,39?,47+,48-,49-/m1/s1. The number of alkyl halides is 8. The Morgan fingerprint density at radius 2 is 1.35 bits per heavy atom. The first-order valence-electron chi connectivity index (χ1n) is 27.8. The molecule has 2 aromatic carbocycles. The molecule has 478 valence electrons. The van der Waals surface area contributed by atoms with Crippen LogP contribution in [0.3, 0.4) is 0 Å². The number of carbonyl (C=O) groups is 5. The van der Waals surface area contributed by atoms with Crippen LogP contribution in [-0.2, 0) is 41.5 Å². The first kappa shape index (κ1) is 66.5. The number of aromatic nitrogens is 5. The number of esters is 1. The predicted octanol–water partition coefficient (Wildman–Crippen LogP) is 8.36. The maximum atomic E-state index is 16.5. The van der Waals surface area contributed by atoms with E-state index in [1.165, 1.54) is 36.5 Å². The van der Waals surface area contributed by atoms with Crippen LogP contribution in [0, 0.1) is 40.2 Å². The second kappa shape index (κ2) is 27.5. The lowest BCUT2D eigenvalue weighted by Crippen LogP contribution is -2.62. The Bertz CT molecular complexity index is 3360. The normalized spacial score (nSPS) is 17.8. The van der Waals surface area contributed by atoms with E-state index in [0.717, 1.165) is 65.6 Å². The van der Waals surface area contributed by atoms with E-state index in [0.29, 0.717) is 80.0 Å². The summed E-state index contributed by atoms with van der Waals surface area (Å²) < 4.78 is 170. The third-order valence-electron chi connectivity index (χ3n) is 16.1. The number of nitrogens with one attached hydrogen (secondary N) is 3. The zero-order valence-electron chi connectivity index (χ0n) is 48.8. The van der Waals surface area contributed by atoms with Gasteiger partial charge in [0.1, 0.15) is 35.5 Å². The van der Waals surface area contributed by atoms with Crippen LogP contribution in [-0.4, -0.2) is 160 Å². The molecule has 3 aliphatic heterocycles. The van der Waals surface area contributed by atoms with Gasteiger partial charge in [-0.3, -0.25) is 19.9 Å². The highest BCUT2D eigenvalue weighted by atomic mass is 19.4. The highest BCUT2D eigenvalue weighted by Gasteiger charge is 2.57. The van der Waals surface area contributed by atoms with Crippen LogP contribution >= 0.6 is 0 Å². The van der Waals surface area contributed by atoms with Gasteiger partial charge in [-0.15, -0.1) is 0 Å². The number of carbonyl (C=O) groups excluding carboxylic acids is 5. The molecular formula is C59H63F10N11O9. The topological polar surface area (TPSA) is 225 Å². The fourth-order valence-corrected chi connectivity index (χ4v) is 10.7. The number of ketones is 1. The maximum Gasteiger partial charge on any atom is 0.407 e. The monoisotopic (exact) mass is 1260 g/mol. The van der Waals surface area contributed by atoms with Gasteiger partial charge in [0.15, 0.2) is 5.78 Å². The van der Waals surface area contributed by atoms with E-state index >= 15 is 8.78 Å². The number of hydrazine groups is 1. The molecule has 6 atom stereocenters. The number of hydrogen-bond donors (Lipinski definition) is 3. The highest BCUT2D eigenvalue weighted by molar-refractivity contribution is 5.89. The van der Waals surface area contributed by atoms with Crippen molar-refractivity contribution in [2.75, 3.05) is 52.0 Å². The van der Waals surface area contributed by atoms with Crippen molar-refractivity contribution in [1.29, 1.82) is 0 Å². The number of fused-ring (bicyclic) bond motifs is 2. The number of amides is 3. The van der Waals surface area contributed by atoms with Crippen molar-refractivity contribution in [3.63, 3.8) is 0 Å². The second-order valence-electron chi connectivity index (χ2n) is 22.8.